The first kappa shape index (κ1) is 24.2. The summed E-state index contributed by atoms with van der Waals surface area (Å²) in [6, 6.07) is 28.6. The van der Waals surface area contributed by atoms with Gasteiger partial charge in [-0.2, -0.15) is 0 Å². The summed E-state index contributed by atoms with van der Waals surface area (Å²) in [5, 5.41) is 5.08. The van der Waals surface area contributed by atoms with Crippen LogP contribution in [0.15, 0.2) is 91.0 Å². The minimum Gasteiger partial charge on any atom is -0.481 e. The van der Waals surface area contributed by atoms with Crippen LogP contribution in [-0.4, -0.2) is 17.8 Å². The Bertz CT molecular complexity index is 1350. The number of fused-ring (bicyclic) bond motifs is 1. The van der Waals surface area contributed by atoms with Crippen LogP contribution in [-0.2, 0) is 10.2 Å². The fourth-order valence-electron chi connectivity index (χ4n) is 3.98. The molecule has 0 saturated carbocycles. The van der Waals surface area contributed by atoms with Gasteiger partial charge in [0.25, 0.3) is 5.91 Å². The fourth-order valence-corrected chi connectivity index (χ4v) is 3.98. The molecule has 0 bridgehead atoms. The monoisotopic (exact) mass is 465 g/mol. The average molecular weight is 466 g/mol. The Labute approximate surface area is 206 Å². The van der Waals surface area contributed by atoms with Crippen LogP contribution < -0.4 is 10.1 Å². The van der Waals surface area contributed by atoms with E-state index in [2.05, 4.69) is 26.1 Å². The van der Waals surface area contributed by atoms with E-state index in [9.17, 15) is 9.59 Å². The highest BCUT2D eigenvalue weighted by Gasteiger charge is 2.20. The molecule has 0 aliphatic carbocycles. The number of hydrogen-bond acceptors (Lipinski definition) is 3. The van der Waals surface area contributed by atoms with Crippen LogP contribution in [0.5, 0.6) is 5.75 Å². The number of ether oxygens (including phenoxy) is 1. The number of hydrogen-bond donors (Lipinski definition) is 1. The van der Waals surface area contributed by atoms with Crippen molar-refractivity contribution in [2.75, 3.05) is 5.32 Å². The quantitative estimate of drug-likeness (QED) is 0.295. The van der Waals surface area contributed by atoms with Crippen LogP contribution in [0.3, 0.4) is 0 Å². The standard InChI is InChI=1S/C31H31NO3/c1-5-28(35-27-18-15-21-9-6-7-10-23(21)20-27)30(34)32-26-12-8-11-24(19-26)29(33)22-13-16-25(17-14-22)31(2,3)4/h6-20,28H,5H2,1-4H3,(H,32,34)/t28-/m0/s1. The molecule has 35 heavy (non-hydrogen) atoms. The van der Waals surface area contributed by atoms with E-state index < -0.39 is 6.10 Å². The highest BCUT2D eigenvalue weighted by atomic mass is 16.5. The SMILES string of the molecule is CC[C@H](Oc1ccc2ccccc2c1)C(=O)Nc1cccc(C(=O)c2ccc(C(C)(C)C)cc2)c1. The number of rotatable bonds is 7. The third-order valence-corrected chi connectivity index (χ3v) is 6.07. The van der Waals surface area contributed by atoms with Gasteiger partial charge in [-0.15, -0.1) is 0 Å². The molecule has 0 heterocycles. The molecule has 4 aromatic carbocycles. The van der Waals surface area contributed by atoms with E-state index in [1.54, 1.807) is 24.3 Å². The van der Waals surface area contributed by atoms with Crippen molar-refractivity contribution in [3.63, 3.8) is 0 Å². The number of carbonyl (C=O) groups is 2. The van der Waals surface area contributed by atoms with Crippen molar-refractivity contribution in [3.8, 4) is 5.75 Å². The van der Waals surface area contributed by atoms with E-state index in [-0.39, 0.29) is 17.1 Å². The van der Waals surface area contributed by atoms with Crippen molar-refractivity contribution in [3.05, 3.63) is 108 Å². The van der Waals surface area contributed by atoms with Crippen molar-refractivity contribution in [2.24, 2.45) is 0 Å². The van der Waals surface area contributed by atoms with Crippen molar-refractivity contribution in [1.29, 1.82) is 0 Å². The first-order chi connectivity index (χ1) is 16.7. The van der Waals surface area contributed by atoms with Crippen LogP contribution in [0.1, 0.15) is 55.6 Å². The zero-order valence-electron chi connectivity index (χ0n) is 20.7. The summed E-state index contributed by atoms with van der Waals surface area (Å²) in [6.45, 7) is 8.34. The van der Waals surface area contributed by atoms with Crippen LogP contribution in [0.4, 0.5) is 5.69 Å². The minimum absolute atomic E-state index is 0.0243. The molecule has 0 unspecified atom stereocenters. The molecule has 1 amide bonds. The molecule has 0 aliphatic heterocycles. The smallest absolute Gasteiger partial charge is 0.265 e. The summed E-state index contributed by atoms with van der Waals surface area (Å²) in [4.78, 5) is 26.0. The molecule has 4 rings (SSSR count). The maximum atomic E-state index is 13.0. The Balaban J connectivity index is 1.46. The first-order valence-electron chi connectivity index (χ1n) is 12.0. The molecular weight excluding hydrogens is 434 g/mol. The predicted octanol–water partition coefficient (Wildman–Crippen LogP) is 7.16. The average Bonchev–Trinajstić information content (AvgIpc) is 2.86. The number of carbonyl (C=O) groups excluding carboxylic acids is 2. The normalized spacial score (nSPS) is 12.2. The lowest BCUT2D eigenvalue weighted by Crippen LogP contribution is -2.32. The van der Waals surface area contributed by atoms with Crippen molar-refractivity contribution in [2.45, 2.75) is 45.6 Å². The summed E-state index contributed by atoms with van der Waals surface area (Å²) < 4.78 is 6.01. The summed E-state index contributed by atoms with van der Waals surface area (Å²) in [5.41, 5.74) is 2.90. The van der Waals surface area contributed by atoms with E-state index in [0.29, 0.717) is 29.0 Å². The second kappa shape index (κ2) is 10.1. The second-order valence-electron chi connectivity index (χ2n) is 9.75. The van der Waals surface area contributed by atoms with Crippen LogP contribution in [0, 0.1) is 0 Å². The van der Waals surface area contributed by atoms with Crippen molar-refractivity contribution in [1.82, 2.24) is 0 Å². The van der Waals surface area contributed by atoms with Crippen LogP contribution >= 0.6 is 0 Å². The Hall–Kier alpha value is -3.92. The Morgan fingerprint density at radius 1 is 0.800 bits per heavy atom. The number of amides is 1. The lowest BCUT2D eigenvalue weighted by molar-refractivity contribution is -0.122. The van der Waals surface area contributed by atoms with Gasteiger partial charge in [-0.05, 0) is 52.4 Å². The predicted molar refractivity (Wildman–Crippen MR) is 142 cm³/mol. The topological polar surface area (TPSA) is 55.4 Å². The van der Waals surface area contributed by atoms with Crippen LogP contribution in [0.25, 0.3) is 10.8 Å². The molecule has 178 valence electrons. The number of benzene rings is 4. The molecule has 1 atom stereocenters. The Kier molecular flexibility index (Phi) is 7.02. The van der Waals surface area contributed by atoms with Gasteiger partial charge in [-0.25, -0.2) is 0 Å². The van der Waals surface area contributed by atoms with Gasteiger partial charge in [0.05, 0.1) is 0 Å². The van der Waals surface area contributed by atoms with Gasteiger partial charge < -0.3 is 10.1 Å². The van der Waals surface area contributed by atoms with Crippen molar-refractivity contribution >= 4 is 28.2 Å². The van der Waals surface area contributed by atoms with Gasteiger partial charge >= 0.3 is 0 Å². The maximum Gasteiger partial charge on any atom is 0.265 e. The third-order valence-electron chi connectivity index (χ3n) is 6.07. The Morgan fingerprint density at radius 2 is 1.51 bits per heavy atom. The lowest BCUT2D eigenvalue weighted by Gasteiger charge is -2.19. The van der Waals surface area contributed by atoms with Gasteiger partial charge in [0.1, 0.15) is 5.75 Å². The van der Waals surface area contributed by atoms with Gasteiger partial charge in [0.2, 0.25) is 0 Å². The van der Waals surface area contributed by atoms with E-state index in [1.807, 2.05) is 73.7 Å². The lowest BCUT2D eigenvalue weighted by atomic mass is 9.86. The molecule has 0 spiro atoms. The number of ketones is 1. The largest absolute Gasteiger partial charge is 0.481 e. The molecule has 0 aliphatic rings. The molecule has 1 N–H and O–H groups in total. The molecule has 0 aromatic heterocycles. The maximum absolute atomic E-state index is 13.0. The number of nitrogens with one attached hydrogen (secondary N) is 1. The molecule has 0 fully saturated rings. The molecule has 4 heteroatoms. The van der Waals surface area contributed by atoms with Gasteiger partial charge in [0, 0.05) is 16.8 Å². The fraction of sp³-hybridized carbons (Fsp3) is 0.226. The summed E-state index contributed by atoms with van der Waals surface area (Å²) in [6.07, 6.45) is -0.141. The zero-order chi connectivity index (χ0) is 25.0. The first-order valence-corrected chi connectivity index (χ1v) is 12.0. The molecule has 4 aromatic rings. The third kappa shape index (κ3) is 5.78. The van der Waals surface area contributed by atoms with E-state index in [4.69, 9.17) is 4.74 Å². The van der Waals surface area contributed by atoms with Crippen LogP contribution in [0.2, 0.25) is 0 Å². The van der Waals surface area contributed by atoms with E-state index in [0.717, 1.165) is 10.8 Å². The second-order valence-corrected chi connectivity index (χ2v) is 9.75. The zero-order valence-corrected chi connectivity index (χ0v) is 20.7. The highest BCUT2D eigenvalue weighted by molar-refractivity contribution is 6.09. The summed E-state index contributed by atoms with van der Waals surface area (Å²) in [5.74, 6) is 0.314. The van der Waals surface area contributed by atoms with Crippen molar-refractivity contribution < 1.29 is 14.3 Å². The van der Waals surface area contributed by atoms with Gasteiger partial charge in [0.15, 0.2) is 11.9 Å². The number of anilines is 1. The van der Waals surface area contributed by atoms with Gasteiger partial charge in [-0.3, -0.25) is 9.59 Å². The molecule has 4 nitrogen and oxygen atoms in total. The van der Waals surface area contributed by atoms with E-state index >= 15 is 0 Å². The Morgan fingerprint density at radius 3 is 2.20 bits per heavy atom. The molecular formula is C31H31NO3. The summed E-state index contributed by atoms with van der Waals surface area (Å²) >= 11 is 0. The molecule has 0 saturated heterocycles. The molecule has 0 radical (unpaired) electrons. The highest BCUT2D eigenvalue weighted by Crippen LogP contribution is 2.24. The van der Waals surface area contributed by atoms with E-state index in [1.165, 1.54) is 5.56 Å². The summed E-state index contributed by atoms with van der Waals surface area (Å²) in [7, 11) is 0. The van der Waals surface area contributed by atoms with Gasteiger partial charge in [-0.1, -0.05) is 94.4 Å². The minimum atomic E-state index is -0.652.